The molecular formula is C16H24N6O5. The second-order valence-corrected chi connectivity index (χ2v) is 6.42. The summed E-state index contributed by atoms with van der Waals surface area (Å²) in [5.74, 6) is -2.60. The maximum absolute atomic E-state index is 12.4. The van der Waals surface area contributed by atoms with E-state index in [9.17, 15) is 19.2 Å². The molecule has 1 aromatic heterocycles. The maximum Gasteiger partial charge on any atom is 0.326 e. The van der Waals surface area contributed by atoms with E-state index >= 15 is 0 Å². The minimum atomic E-state index is -1.06. The first-order valence-electron chi connectivity index (χ1n) is 8.62. The lowest BCUT2D eigenvalue weighted by Crippen LogP contribution is -2.52. The molecule has 11 heteroatoms. The van der Waals surface area contributed by atoms with Crippen LogP contribution < -0.4 is 16.4 Å². The van der Waals surface area contributed by atoms with Crippen LogP contribution >= 0.6 is 0 Å². The van der Waals surface area contributed by atoms with Gasteiger partial charge in [0, 0.05) is 24.9 Å². The highest BCUT2D eigenvalue weighted by Gasteiger charge is 2.36. The van der Waals surface area contributed by atoms with Crippen LogP contribution in [0.2, 0.25) is 0 Å². The average molecular weight is 380 g/mol. The molecule has 27 heavy (non-hydrogen) atoms. The van der Waals surface area contributed by atoms with Gasteiger partial charge in [0.15, 0.2) is 0 Å². The molecule has 1 aromatic rings. The van der Waals surface area contributed by atoms with Crippen molar-refractivity contribution in [2.75, 3.05) is 13.1 Å². The predicted molar refractivity (Wildman–Crippen MR) is 93.3 cm³/mol. The Morgan fingerprint density at radius 1 is 1.44 bits per heavy atom. The first-order chi connectivity index (χ1) is 12.8. The summed E-state index contributed by atoms with van der Waals surface area (Å²) in [7, 11) is 0. The number of nitrogens with two attached hydrogens (primary N) is 1. The Labute approximate surface area is 155 Å². The Balaban J connectivity index is 1.76. The van der Waals surface area contributed by atoms with Crippen LogP contribution in [0.5, 0.6) is 0 Å². The van der Waals surface area contributed by atoms with E-state index in [1.165, 1.54) is 18.2 Å². The fourth-order valence-corrected chi connectivity index (χ4v) is 2.91. The molecule has 3 atom stereocenters. The van der Waals surface area contributed by atoms with Crippen LogP contribution in [0.25, 0.3) is 0 Å². The van der Waals surface area contributed by atoms with Crippen molar-refractivity contribution >= 4 is 23.7 Å². The number of nitrogens with zero attached hydrogens (tertiary/aromatic N) is 2. The zero-order chi connectivity index (χ0) is 20.0. The molecule has 0 saturated carbocycles. The summed E-state index contributed by atoms with van der Waals surface area (Å²) in [5.41, 5.74) is 6.46. The Hall–Kier alpha value is -2.95. The molecule has 0 radical (unpaired) electrons. The predicted octanol–water partition coefficient (Wildman–Crippen LogP) is -2.02. The van der Waals surface area contributed by atoms with Crippen molar-refractivity contribution in [3.8, 4) is 0 Å². The van der Waals surface area contributed by atoms with E-state index in [-0.39, 0.29) is 13.0 Å². The minimum absolute atomic E-state index is 0.244. The van der Waals surface area contributed by atoms with E-state index in [1.807, 2.05) is 0 Å². The summed E-state index contributed by atoms with van der Waals surface area (Å²) in [6.45, 7) is 1.48. The number of likely N-dealkylation sites (tertiary alicyclic amines) is 1. The lowest BCUT2D eigenvalue weighted by Gasteiger charge is -2.25. The third kappa shape index (κ3) is 5.51. The van der Waals surface area contributed by atoms with Crippen molar-refractivity contribution in [1.29, 1.82) is 0 Å². The van der Waals surface area contributed by atoms with Crippen molar-refractivity contribution in [3.05, 3.63) is 18.2 Å². The molecule has 6 N–H and O–H groups in total. The van der Waals surface area contributed by atoms with E-state index in [0.717, 1.165) is 0 Å². The molecule has 148 valence electrons. The Bertz CT molecular complexity index is 691. The molecule has 1 fully saturated rings. The number of hydrogen-bond donors (Lipinski definition) is 5. The molecular weight excluding hydrogens is 356 g/mol. The number of carboxylic acids is 1. The summed E-state index contributed by atoms with van der Waals surface area (Å²) in [5, 5.41) is 14.0. The van der Waals surface area contributed by atoms with Crippen molar-refractivity contribution in [2.45, 2.75) is 44.3 Å². The summed E-state index contributed by atoms with van der Waals surface area (Å²) in [6, 6.07) is -2.61. The number of hydrogen-bond acceptors (Lipinski definition) is 6. The highest BCUT2D eigenvalue weighted by molar-refractivity contribution is 5.92. The Morgan fingerprint density at radius 3 is 2.81 bits per heavy atom. The molecule has 11 nitrogen and oxygen atoms in total. The van der Waals surface area contributed by atoms with Gasteiger partial charge in [-0.15, -0.1) is 0 Å². The number of amides is 3. The van der Waals surface area contributed by atoms with Crippen LogP contribution in [0.3, 0.4) is 0 Å². The standard InChI is InChI=1S/C16H24N6O5/c1-9(15(25)22-4-2-3-12(22)16(26)27)21-13(23)7-19-14(24)11(17)5-10-6-18-8-20-10/h6,8-9,11-12H,2-5,7,17H2,1H3,(H,18,20)(H,19,24)(H,21,23)(H,26,27). The zero-order valence-electron chi connectivity index (χ0n) is 15.0. The van der Waals surface area contributed by atoms with Gasteiger partial charge in [0.25, 0.3) is 0 Å². The Morgan fingerprint density at radius 2 is 2.19 bits per heavy atom. The number of aromatic amines is 1. The molecule has 0 aliphatic carbocycles. The molecule has 2 rings (SSSR count). The third-order valence-corrected chi connectivity index (χ3v) is 4.32. The van der Waals surface area contributed by atoms with Crippen LogP contribution in [0.4, 0.5) is 0 Å². The first kappa shape index (κ1) is 20.4. The molecule has 0 aromatic carbocycles. The van der Waals surface area contributed by atoms with Gasteiger partial charge in [0.2, 0.25) is 17.7 Å². The van der Waals surface area contributed by atoms with Gasteiger partial charge in [-0.25, -0.2) is 9.78 Å². The number of aromatic nitrogens is 2. The van der Waals surface area contributed by atoms with Gasteiger partial charge >= 0.3 is 5.97 Å². The van der Waals surface area contributed by atoms with Crippen molar-refractivity contribution in [2.24, 2.45) is 5.73 Å². The number of rotatable bonds is 8. The Kier molecular flexibility index (Phi) is 6.88. The molecule has 1 aliphatic heterocycles. The normalized spacial score (nSPS) is 18.6. The molecule has 2 heterocycles. The second kappa shape index (κ2) is 9.12. The van der Waals surface area contributed by atoms with Crippen LogP contribution in [-0.2, 0) is 25.6 Å². The lowest BCUT2D eigenvalue weighted by atomic mass is 10.1. The van der Waals surface area contributed by atoms with E-state index in [4.69, 9.17) is 10.8 Å². The number of carboxylic acid groups (broad SMARTS) is 1. The lowest BCUT2D eigenvalue weighted by molar-refractivity contribution is -0.149. The second-order valence-electron chi connectivity index (χ2n) is 6.42. The third-order valence-electron chi connectivity index (χ3n) is 4.32. The smallest absolute Gasteiger partial charge is 0.326 e. The van der Waals surface area contributed by atoms with Crippen LogP contribution in [0.15, 0.2) is 12.5 Å². The van der Waals surface area contributed by atoms with Crippen molar-refractivity contribution in [1.82, 2.24) is 25.5 Å². The van der Waals surface area contributed by atoms with Crippen LogP contribution in [0.1, 0.15) is 25.5 Å². The van der Waals surface area contributed by atoms with Gasteiger partial charge in [-0.3, -0.25) is 14.4 Å². The highest BCUT2D eigenvalue weighted by Crippen LogP contribution is 2.18. The van der Waals surface area contributed by atoms with Gasteiger partial charge in [-0.2, -0.15) is 0 Å². The van der Waals surface area contributed by atoms with Crippen molar-refractivity contribution < 1.29 is 24.3 Å². The summed E-state index contributed by atoms with van der Waals surface area (Å²) in [6.07, 6.45) is 4.27. The van der Waals surface area contributed by atoms with Gasteiger partial charge in [0.05, 0.1) is 18.9 Å². The largest absolute Gasteiger partial charge is 0.480 e. The number of aliphatic carboxylic acids is 1. The number of nitrogens with one attached hydrogen (secondary N) is 3. The summed E-state index contributed by atoms with van der Waals surface area (Å²) < 4.78 is 0. The SMILES string of the molecule is CC(NC(=O)CNC(=O)C(N)Cc1cnc[nH]1)C(=O)N1CCCC1C(=O)O. The summed E-state index contributed by atoms with van der Waals surface area (Å²) in [4.78, 5) is 55.3. The monoisotopic (exact) mass is 380 g/mol. The molecule has 3 amide bonds. The van der Waals surface area contributed by atoms with E-state index < -0.39 is 41.8 Å². The first-order valence-corrected chi connectivity index (χ1v) is 8.62. The van der Waals surface area contributed by atoms with E-state index in [0.29, 0.717) is 25.1 Å². The fraction of sp³-hybridized carbons (Fsp3) is 0.562. The quantitative estimate of drug-likeness (QED) is 0.346. The van der Waals surface area contributed by atoms with E-state index in [2.05, 4.69) is 20.6 Å². The fourth-order valence-electron chi connectivity index (χ4n) is 2.91. The maximum atomic E-state index is 12.4. The number of H-pyrrole nitrogens is 1. The average Bonchev–Trinajstić information content (AvgIpc) is 3.30. The highest BCUT2D eigenvalue weighted by atomic mass is 16.4. The van der Waals surface area contributed by atoms with Gasteiger partial charge in [0.1, 0.15) is 12.1 Å². The molecule has 1 saturated heterocycles. The topological polar surface area (TPSA) is 171 Å². The van der Waals surface area contributed by atoms with Crippen molar-refractivity contribution in [3.63, 3.8) is 0 Å². The summed E-state index contributed by atoms with van der Waals surface area (Å²) >= 11 is 0. The molecule has 0 spiro atoms. The van der Waals surface area contributed by atoms with Crippen LogP contribution in [-0.4, -0.2) is 74.9 Å². The van der Waals surface area contributed by atoms with Gasteiger partial charge in [-0.1, -0.05) is 0 Å². The molecule has 1 aliphatic rings. The van der Waals surface area contributed by atoms with E-state index in [1.54, 1.807) is 6.20 Å². The van der Waals surface area contributed by atoms with Crippen LogP contribution in [0, 0.1) is 0 Å². The zero-order valence-corrected chi connectivity index (χ0v) is 15.0. The number of imidazole rings is 1. The number of carbonyl (C=O) groups is 4. The van der Waals surface area contributed by atoms with Gasteiger partial charge < -0.3 is 31.4 Å². The van der Waals surface area contributed by atoms with Gasteiger partial charge in [-0.05, 0) is 19.8 Å². The minimum Gasteiger partial charge on any atom is -0.480 e. The molecule has 0 bridgehead atoms. The number of carbonyl (C=O) groups excluding carboxylic acids is 3. The molecule has 3 unspecified atom stereocenters.